The summed E-state index contributed by atoms with van der Waals surface area (Å²) in [5, 5.41) is 2.23. The van der Waals surface area contributed by atoms with E-state index in [1.165, 1.54) is 10.5 Å². The van der Waals surface area contributed by atoms with Crippen molar-refractivity contribution in [2.45, 2.75) is 16.7 Å². The van der Waals surface area contributed by atoms with E-state index in [9.17, 15) is 0 Å². The molecule has 0 amide bonds. The van der Waals surface area contributed by atoms with Gasteiger partial charge in [0.25, 0.3) is 0 Å². The summed E-state index contributed by atoms with van der Waals surface area (Å²) in [4.78, 5) is 6.97. The molecule has 1 heterocycles. The topological polar surface area (TPSA) is 37.0 Å². The molecule has 0 unspecified atom stereocenters. The van der Waals surface area contributed by atoms with E-state index in [-0.39, 0.29) is 0 Å². The van der Waals surface area contributed by atoms with Crippen molar-refractivity contribution in [2.24, 2.45) is 0 Å². The monoisotopic (exact) mass is 389 g/mol. The Bertz CT molecular complexity index is 1030. The maximum absolute atomic E-state index is 4.64. The lowest BCUT2D eigenvalue weighted by Crippen LogP contribution is -1.95. The molecule has 0 aliphatic rings. The van der Waals surface area contributed by atoms with Gasteiger partial charge < -0.3 is 9.44 Å². The first-order chi connectivity index (χ1) is 13.3. The summed E-state index contributed by atoms with van der Waals surface area (Å²) >= 11 is 3.17. The highest BCUT2D eigenvalue weighted by molar-refractivity contribution is 8.00. The van der Waals surface area contributed by atoms with E-state index in [1.807, 2.05) is 30.5 Å². The minimum atomic E-state index is 0.866. The molecule has 0 spiro atoms. The summed E-state index contributed by atoms with van der Waals surface area (Å²) in [7, 11) is 0. The molecule has 1 aromatic heterocycles. The predicted molar refractivity (Wildman–Crippen MR) is 118 cm³/mol. The van der Waals surface area contributed by atoms with Crippen molar-refractivity contribution < 1.29 is 0 Å². The van der Waals surface area contributed by atoms with Crippen LogP contribution in [0.5, 0.6) is 0 Å². The molecule has 0 fully saturated rings. The van der Waals surface area contributed by atoms with Crippen LogP contribution in [-0.2, 0) is 0 Å². The van der Waals surface area contributed by atoms with Crippen molar-refractivity contribution in [2.75, 3.05) is 9.44 Å². The van der Waals surface area contributed by atoms with Crippen molar-refractivity contribution in [1.82, 2.24) is 4.98 Å². The van der Waals surface area contributed by atoms with Gasteiger partial charge in [-0.05, 0) is 55.1 Å². The summed E-state index contributed by atoms with van der Waals surface area (Å²) in [5.74, 6) is 0.866. The summed E-state index contributed by atoms with van der Waals surface area (Å²) in [6.07, 6.45) is 1.89. The molecule has 3 nitrogen and oxygen atoms in total. The largest absolute Gasteiger partial charge is 0.324 e. The molecule has 4 aromatic rings. The van der Waals surface area contributed by atoms with Gasteiger partial charge in [0.05, 0.1) is 11.9 Å². The van der Waals surface area contributed by atoms with Gasteiger partial charge in [-0.2, -0.15) is 0 Å². The van der Waals surface area contributed by atoms with Crippen LogP contribution in [0.2, 0.25) is 0 Å². The maximum atomic E-state index is 4.64. The molecule has 134 valence electrons. The number of pyridine rings is 1. The van der Waals surface area contributed by atoms with E-state index in [0.29, 0.717) is 0 Å². The van der Waals surface area contributed by atoms with E-state index in [0.717, 1.165) is 27.2 Å². The van der Waals surface area contributed by atoms with E-state index in [1.54, 1.807) is 23.9 Å². The molecule has 4 rings (SSSR count). The van der Waals surface area contributed by atoms with Crippen molar-refractivity contribution in [3.05, 3.63) is 90.6 Å². The molecule has 3 aromatic carbocycles. The fraction of sp³-hybridized carbons (Fsp3) is 0.0455. The first-order valence-electron chi connectivity index (χ1n) is 8.65. The number of nitrogens with zero attached hydrogens (tertiary/aromatic N) is 1. The first-order valence-corrected chi connectivity index (χ1v) is 10.3. The lowest BCUT2D eigenvalue weighted by Gasteiger charge is -2.12. The van der Waals surface area contributed by atoms with Crippen LogP contribution in [-0.4, -0.2) is 4.98 Å². The summed E-state index contributed by atoms with van der Waals surface area (Å²) < 4.78 is 6.83. The Morgan fingerprint density at radius 1 is 0.667 bits per heavy atom. The normalized spacial score (nSPS) is 10.7. The minimum Gasteiger partial charge on any atom is -0.324 e. The molecule has 5 heteroatoms. The second-order valence-corrected chi connectivity index (χ2v) is 7.86. The molecular weight excluding hydrogens is 370 g/mol. The Kier molecular flexibility index (Phi) is 5.51. The van der Waals surface area contributed by atoms with Crippen molar-refractivity contribution >= 4 is 46.2 Å². The number of aryl methyl sites for hydroxylation is 1. The Labute approximate surface area is 167 Å². The minimum absolute atomic E-state index is 0.866. The molecule has 0 radical (unpaired) electrons. The molecular formula is C22H19N3S2. The van der Waals surface area contributed by atoms with Crippen LogP contribution in [0.25, 0.3) is 10.8 Å². The molecule has 0 aliphatic carbocycles. The van der Waals surface area contributed by atoms with Crippen LogP contribution in [0.4, 0.5) is 11.5 Å². The van der Waals surface area contributed by atoms with Gasteiger partial charge in [-0.1, -0.05) is 60.2 Å². The standard InChI is InChI=1S/C22H19N3S2/c1-16-11-13-18(14-12-16)26-24-21-15-23-22(20-10-6-5-9-19(20)21)25-27-17-7-3-2-4-8-17/h2-15,24H,1H3,(H,23,25). The average molecular weight is 390 g/mol. The molecule has 0 saturated heterocycles. The fourth-order valence-corrected chi connectivity index (χ4v) is 4.00. The van der Waals surface area contributed by atoms with E-state index in [4.69, 9.17) is 0 Å². The predicted octanol–water partition coefficient (Wildman–Crippen LogP) is 6.78. The van der Waals surface area contributed by atoms with Gasteiger partial charge in [0, 0.05) is 20.6 Å². The zero-order valence-electron chi connectivity index (χ0n) is 14.8. The number of nitrogens with one attached hydrogen (secondary N) is 2. The van der Waals surface area contributed by atoms with Gasteiger partial charge in [0.2, 0.25) is 0 Å². The second-order valence-electron chi connectivity index (χ2n) is 6.10. The van der Waals surface area contributed by atoms with Gasteiger partial charge in [-0.3, -0.25) is 0 Å². The van der Waals surface area contributed by atoms with Gasteiger partial charge in [0.1, 0.15) is 5.82 Å². The van der Waals surface area contributed by atoms with Crippen LogP contribution in [0, 0.1) is 6.92 Å². The highest BCUT2D eigenvalue weighted by Gasteiger charge is 2.08. The Balaban J connectivity index is 1.55. The number of fused-ring (bicyclic) bond motifs is 1. The van der Waals surface area contributed by atoms with E-state index < -0.39 is 0 Å². The zero-order valence-corrected chi connectivity index (χ0v) is 16.5. The smallest absolute Gasteiger partial charge is 0.144 e. The number of anilines is 2. The van der Waals surface area contributed by atoms with Crippen molar-refractivity contribution in [3.8, 4) is 0 Å². The van der Waals surface area contributed by atoms with E-state index >= 15 is 0 Å². The quantitative estimate of drug-likeness (QED) is 0.355. The number of aromatic nitrogens is 1. The second kappa shape index (κ2) is 8.37. The third-order valence-corrected chi connectivity index (χ3v) is 5.74. The van der Waals surface area contributed by atoms with Crippen LogP contribution >= 0.6 is 23.9 Å². The van der Waals surface area contributed by atoms with Crippen molar-refractivity contribution in [1.29, 1.82) is 0 Å². The van der Waals surface area contributed by atoms with Crippen LogP contribution < -0.4 is 9.44 Å². The fourth-order valence-electron chi connectivity index (χ4n) is 2.67. The number of benzene rings is 3. The van der Waals surface area contributed by atoms with Gasteiger partial charge in [0.15, 0.2) is 0 Å². The molecule has 2 N–H and O–H groups in total. The summed E-state index contributed by atoms with van der Waals surface area (Å²) in [5.41, 5.74) is 2.27. The molecule has 0 atom stereocenters. The average Bonchev–Trinajstić information content (AvgIpc) is 2.73. The Morgan fingerprint density at radius 2 is 1.30 bits per heavy atom. The third kappa shape index (κ3) is 4.38. The Morgan fingerprint density at radius 3 is 2.07 bits per heavy atom. The zero-order chi connectivity index (χ0) is 18.5. The summed E-state index contributed by atoms with van der Waals surface area (Å²) in [6, 6.07) is 27.0. The van der Waals surface area contributed by atoms with Crippen LogP contribution in [0.3, 0.4) is 0 Å². The van der Waals surface area contributed by atoms with Gasteiger partial charge in [-0.25, -0.2) is 4.98 Å². The molecule has 0 bridgehead atoms. The molecule has 0 saturated carbocycles. The number of hydrogen-bond acceptors (Lipinski definition) is 5. The van der Waals surface area contributed by atoms with Crippen LogP contribution in [0.1, 0.15) is 5.56 Å². The first kappa shape index (κ1) is 17.8. The highest BCUT2D eigenvalue weighted by atomic mass is 32.2. The lowest BCUT2D eigenvalue weighted by atomic mass is 10.1. The van der Waals surface area contributed by atoms with Gasteiger partial charge in [-0.15, -0.1) is 0 Å². The maximum Gasteiger partial charge on any atom is 0.144 e. The SMILES string of the molecule is Cc1ccc(SNc2cnc(NSc3ccccc3)c3ccccc23)cc1. The number of rotatable bonds is 6. The lowest BCUT2D eigenvalue weighted by molar-refractivity contribution is 1.36. The molecule has 0 aliphatic heterocycles. The van der Waals surface area contributed by atoms with E-state index in [2.05, 4.69) is 75.9 Å². The Hall–Kier alpha value is -2.63. The van der Waals surface area contributed by atoms with Gasteiger partial charge >= 0.3 is 0 Å². The summed E-state index contributed by atoms with van der Waals surface area (Å²) in [6.45, 7) is 2.10. The highest BCUT2D eigenvalue weighted by Crippen LogP contribution is 2.32. The third-order valence-electron chi connectivity index (χ3n) is 4.10. The van der Waals surface area contributed by atoms with Crippen molar-refractivity contribution in [3.63, 3.8) is 0 Å². The number of hydrogen-bond donors (Lipinski definition) is 2. The van der Waals surface area contributed by atoms with Crippen LogP contribution in [0.15, 0.2) is 94.9 Å². The molecule has 27 heavy (non-hydrogen) atoms.